The van der Waals surface area contributed by atoms with Crippen molar-refractivity contribution >= 4 is 23.3 Å². The van der Waals surface area contributed by atoms with Gasteiger partial charge in [0.1, 0.15) is 0 Å². The lowest BCUT2D eigenvalue weighted by Crippen LogP contribution is -2.24. The van der Waals surface area contributed by atoms with Gasteiger partial charge in [0.15, 0.2) is 6.10 Å². The minimum Gasteiger partial charge on any atom is -0.479 e. The molecule has 4 nitrogen and oxygen atoms in total. The zero-order chi connectivity index (χ0) is 13.1. The Kier molecular flexibility index (Phi) is 4.09. The largest absolute Gasteiger partial charge is 0.479 e. The molecule has 1 aliphatic heterocycles. The van der Waals surface area contributed by atoms with Crippen molar-refractivity contribution in [3.8, 4) is 0 Å². The number of ether oxygens (including phenoxy) is 1. The van der Waals surface area contributed by atoms with Crippen LogP contribution >= 0.6 is 11.6 Å². The SMILES string of the molecule is Cc1ccc(NCC2CCC(C(=O)O)O2)cc1Cl. The maximum absolute atomic E-state index is 10.7. The van der Waals surface area contributed by atoms with Gasteiger partial charge in [0.05, 0.1) is 6.10 Å². The second kappa shape index (κ2) is 5.59. The van der Waals surface area contributed by atoms with E-state index in [1.165, 1.54) is 0 Å². The fourth-order valence-corrected chi connectivity index (χ4v) is 2.15. The molecule has 2 N–H and O–H groups in total. The third-order valence-electron chi connectivity index (χ3n) is 3.09. The number of carboxylic acid groups (broad SMARTS) is 1. The summed E-state index contributed by atoms with van der Waals surface area (Å²) < 4.78 is 5.40. The molecular formula is C13H16ClNO3. The van der Waals surface area contributed by atoms with Crippen LogP contribution in [0.4, 0.5) is 5.69 Å². The highest BCUT2D eigenvalue weighted by molar-refractivity contribution is 6.31. The summed E-state index contributed by atoms with van der Waals surface area (Å²) in [5.41, 5.74) is 1.96. The van der Waals surface area contributed by atoms with Crippen LogP contribution < -0.4 is 5.32 Å². The molecule has 0 radical (unpaired) electrons. The van der Waals surface area contributed by atoms with E-state index in [4.69, 9.17) is 21.4 Å². The molecule has 2 unspecified atom stereocenters. The zero-order valence-corrected chi connectivity index (χ0v) is 10.9. The topological polar surface area (TPSA) is 58.6 Å². The summed E-state index contributed by atoms with van der Waals surface area (Å²) in [5, 5.41) is 12.8. The van der Waals surface area contributed by atoms with Gasteiger partial charge in [-0.25, -0.2) is 4.79 Å². The molecule has 0 spiro atoms. The van der Waals surface area contributed by atoms with Gasteiger partial charge in [-0.05, 0) is 37.5 Å². The van der Waals surface area contributed by atoms with E-state index in [1.54, 1.807) is 0 Å². The molecule has 5 heteroatoms. The van der Waals surface area contributed by atoms with Gasteiger partial charge in [0.25, 0.3) is 0 Å². The average molecular weight is 270 g/mol. The minimum absolute atomic E-state index is 0.0498. The highest BCUT2D eigenvalue weighted by Crippen LogP contribution is 2.22. The van der Waals surface area contributed by atoms with Crippen LogP contribution in [0.5, 0.6) is 0 Å². The van der Waals surface area contributed by atoms with Crippen LogP contribution in [0.1, 0.15) is 18.4 Å². The van der Waals surface area contributed by atoms with Gasteiger partial charge in [-0.3, -0.25) is 0 Å². The van der Waals surface area contributed by atoms with Crippen molar-refractivity contribution in [2.75, 3.05) is 11.9 Å². The number of anilines is 1. The van der Waals surface area contributed by atoms with E-state index in [9.17, 15) is 4.79 Å². The number of rotatable bonds is 4. The van der Waals surface area contributed by atoms with Crippen molar-refractivity contribution in [2.45, 2.75) is 32.0 Å². The van der Waals surface area contributed by atoms with Gasteiger partial charge in [0, 0.05) is 17.3 Å². The summed E-state index contributed by atoms with van der Waals surface area (Å²) in [6.07, 6.45) is 0.643. The lowest BCUT2D eigenvalue weighted by atomic mass is 10.2. The molecule has 0 saturated carbocycles. The first-order valence-electron chi connectivity index (χ1n) is 5.94. The summed E-state index contributed by atoms with van der Waals surface area (Å²) in [7, 11) is 0. The van der Waals surface area contributed by atoms with E-state index in [0.717, 1.165) is 22.7 Å². The van der Waals surface area contributed by atoms with Gasteiger partial charge >= 0.3 is 5.97 Å². The number of carbonyl (C=O) groups is 1. The first-order chi connectivity index (χ1) is 8.56. The van der Waals surface area contributed by atoms with E-state index in [0.29, 0.717) is 13.0 Å². The number of aliphatic carboxylic acids is 1. The van der Waals surface area contributed by atoms with Crippen molar-refractivity contribution in [2.24, 2.45) is 0 Å². The smallest absolute Gasteiger partial charge is 0.332 e. The molecule has 18 heavy (non-hydrogen) atoms. The Morgan fingerprint density at radius 2 is 2.33 bits per heavy atom. The van der Waals surface area contributed by atoms with E-state index in [2.05, 4.69) is 5.32 Å². The molecule has 98 valence electrons. The van der Waals surface area contributed by atoms with Gasteiger partial charge < -0.3 is 15.2 Å². The molecule has 2 atom stereocenters. The molecule has 0 amide bonds. The number of hydrogen-bond acceptors (Lipinski definition) is 3. The second-order valence-corrected chi connectivity index (χ2v) is 4.91. The quantitative estimate of drug-likeness (QED) is 0.882. The summed E-state index contributed by atoms with van der Waals surface area (Å²) in [6.45, 7) is 2.55. The van der Waals surface area contributed by atoms with Crippen LogP contribution in [-0.4, -0.2) is 29.8 Å². The normalized spacial score (nSPS) is 23.0. The number of aryl methyl sites for hydroxylation is 1. The van der Waals surface area contributed by atoms with E-state index in [-0.39, 0.29) is 6.10 Å². The molecule has 1 aromatic carbocycles. The minimum atomic E-state index is -0.879. The first kappa shape index (κ1) is 13.2. The predicted molar refractivity (Wildman–Crippen MR) is 70.2 cm³/mol. The van der Waals surface area contributed by atoms with E-state index >= 15 is 0 Å². The Bertz CT molecular complexity index is 450. The number of nitrogens with one attached hydrogen (secondary N) is 1. The first-order valence-corrected chi connectivity index (χ1v) is 6.32. The number of halogens is 1. The Morgan fingerprint density at radius 1 is 1.56 bits per heavy atom. The van der Waals surface area contributed by atoms with Crippen molar-refractivity contribution < 1.29 is 14.6 Å². The lowest BCUT2D eigenvalue weighted by molar-refractivity contribution is -0.149. The van der Waals surface area contributed by atoms with Gasteiger partial charge in [-0.15, -0.1) is 0 Å². The van der Waals surface area contributed by atoms with Crippen LogP contribution in [0.15, 0.2) is 18.2 Å². The lowest BCUT2D eigenvalue weighted by Gasteiger charge is -2.13. The van der Waals surface area contributed by atoms with Crippen LogP contribution in [-0.2, 0) is 9.53 Å². The molecule has 0 aliphatic carbocycles. The van der Waals surface area contributed by atoms with Crippen molar-refractivity contribution in [3.05, 3.63) is 28.8 Å². The van der Waals surface area contributed by atoms with Crippen LogP contribution in [0, 0.1) is 6.92 Å². The second-order valence-electron chi connectivity index (χ2n) is 4.51. The average Bonchev–Trinajstić information content (AvgIpc) is 2.79. The fraction of sp³-hybridized carbons (Fsp3) is 0.462. The summed E-state index contributed by atoms with van der Waals surface area (Å²) in [4.78, 5) is 10.7. The Balaban J connectivity index is 1.85. The van der Waals surface area contributed by atoms with Crippen molar-refractivity contribution in [1.82, 2.24) is 0 Å². The fourth-order valence-electron chi connectivity index (χ4n) is 1.97. The van der Waals surface area contributed by atoms with E-state index in [1.807, 2.05) is 25.1 Å². The van der Waals surface area contributed by atoms with Crippen LogP contribution in [0.3, 0.4) is 0 Å². The molecule has 2 rings (SSSR count). The maximum atomic E-state index is 10.7. The Labute approximate surface area is 111 Å². The molecule has 1 heterocycles. The summed E-state index contributed by atoms with van der Waals surface area (Å²) in [6, 6.07) is 5.76. The summed E-state index contributed by atoms with van der Waals surface area (Å²) >= 11 is 6.03. The highest BCUT2D eigenvalue weighted by Gasteiger charge is 2.30. The van der Waals surface area contributed by atoms with Crippen molar-refractivity contribution in [3.63, 3.8) is 0 Å². The monoisotopic (exact) mass is 269 g/mol. The predicted octanol–water partition coefficient (Wildman–Crippen LogP) is 2.69. The molecule has 1 saturated heterocycles. The summed E-state index contributed by atoms with van der Waals surface area (Å²) in [5.74, 6) is -0.879. The third kappa shape index (κ3) is 3.15. The van der Waals surface area contributed by atoms with Gasteiger partial charge in [-0.2, -0.15) is 0 Å². The number of benzene rings is 1. The van der Waals surface area contributed by atoms with Crippen molar-refractivity contribution in [1.29, 1.82) is 0 Å². The molecule has 0 bridgehead atoms. The van der Waals surface area contributed by atoms with Gasteiger partial charge in [0.2, 0.25) is 0 Å². The van der Waals surface area contributed by atoms with E-state index < -0.39 is 12.1 Å². The maximum Gasteiger partial charge on any atom is 0.332 e. The zero-order valence-electron chi connectivity index (χ0n) is 10.1. The van der Waals surface area contributed by atoms with Crippen LogP contribution in [0.25, 0.3) is 0 Å². The Hall–Kier alpha value is -1.26. The van der Waals surface area contributed by atoms with Crippen LogP contribution in [0.2, 0.25) is 5.02 Å². The number of hydrogen-bond donors (Lipinski definition) is 2. The molecule has 1 fully saturated rings. The highest BCUT2D eigenvalue weighted by atomic mass is 35.5. The molecule has 1 aliphatic rings. The molecular weight excluding hydrogens is 254 g/mol. The molecule has 0 aromatic heterocycles. The standard InChI is InChI=1S/C13H16ClNO3/c1-8-2-3-9(6-11(8)14)15-7-10-4-5-12(18-10)13(16)17/h2-3,6,10,12,15H,4-5,7H2,1H3,(H,16,17). The Morgan fingerprint density at radius 3 is 2.94 bits per heavy atom. The van der Waals surface area contributed by atoms with Gasteiger partial charge in [-0.1, -0.05) is 17.7 Å². The third-order valence-corrected chi connectivity index (χ3v) is 3.50. The molecule has 1 aromatic rings. The number of carboxylic acids is 1.